The fourth-order valence-corrected chi connectivity index (χ4v) is 2.60. The Morgan fingerprint density at radius 2 is 1.14 bits per heavy atom. The molecule has 0 aliphatic carbocycles. The van der Waals surface area contributed by atoms with E-state index in [4.69, 9.17) is 0 Å². The van der Waals surface area contributed by atoms with Gasteiger partial charge in [0.15, 0.2) is 0 Å². The van der Waals surface area contributed by atoms with Crippen LogP contribution in [-0.4, -0.2) is 17.7 Å². The third-order valence-corrected chi connectivity index (χ3v) is 3.58. The molecule has 3 nitrogen and oxygen atoms in total. The number of aromatic nitrogens is 1. The molecule has 0 saturated heterocycles. The van der Waals surface area contributed by atoms with Gasteiger partial charge in [0.1, 0.15) is 11.5 Å². The van der Waals surface area contributed by atoms with Crippen LogP contribution in [0.1, 0.15) is 0 Å². The van der Waals surface area contributed by atoms with Crippen LogP contribution in [0.4, 0.5) is 26.3 Å². The molecule has 0 N–H and O–H groups in total. The first kappa shape index (κ1) is 19.5. The van der Waals surface area contributed by atoms with Gasteiger partial charge in [-0.2, -0.15) is 0 Å². The SMILES string of the molecule is FC(F)(F)Oc1cccc(-c2ccncc2-c2cccc(OC(F)(F)F)c2)c1. The topological polar surface area (TPSA) is 31.4 Å². The van der Waals surface area contributed by atoms with Crippen molar-refractivity contribution in [2.75, 3.05) is 0 Å². The summed E-state index contributed by atoms with van der Waals surface area (Å²) in [6.07, 6.45) is -6.87. The fourth-order valence-electron chi connectivity index (χ4n) is 2.60. The van der Waals surface area contributed by atoms with E-state index in [1.54, 1.807) is 18.2 Å². The predicted molar refractivity (Wildman–Crippen MR) is 88.5 cm³/mol. The van der Waals surface area contributed by atoms with Crippen LogP contribution in [0, 0.1) is 0 Å². The van der Waals surface area contributed by atoms with Gasteiger partial charge in [0.2, 0.25) is 0 Å². The number of rotatable bonds is 4. The zero-order chi connectivity index (χ0) is 20.4. The maximum Gasteiger partial charge on any atom is 0.573 e. The van der Waals surface area contributed by atoms with Crippen molar-refractivity contribution >= 4 is 0 Å². The van der Waals surface area contributed by atoms with Gasteiger partial charge in [0.05, 0.1) is 0 Å². The lowest BCUT2D eigenvalue weighted by Crippen LogP contribution is -2.17. The van der Waals surface area contributed by atoms with Gasteiger partial charge in [-0.3, -0.25) is 4.98 Å². The molecule has 0 fully saturated rings. The number of nitrogens with zero attached hydrogens (tertiary/aromatic N) is 1. The fraction of sp³-hybridized carbons (Fsp3) is 0.105. The number of benzene rings is 2. The van der Waals surface area contributed by atoms with Crippen molar-refractivity contribution in [3.8, 4) is 33.8 Å². The van der Waals surface area contributed by atoms with Gasteiger partial charge in [-0.25, -0.2) is 0 Å². The Labute approximate surface area is 155 Å². The molecule has 0 aliphatic heterocycles. The van der Waals surface area contributed by atoms with Gasteiger partial charge >= 0.3 is 12.7 Å². The highest BCUT2D eigenvalue weighted by Gasteiger charge is 2.32. The summed E-state index contributed by atoms with van der Waals surface area (Å²) in [6.45, 7) is 0. The highest BCUT2D eigenvalue weighted by molar-refractivity contribution is 5.83. The molecular formula is C19H11F6NO2. The summed E-state index contributed by atoms with van der Waals surface area (Å²) in [7, 11) is 0. The Morgan fingerprint density at radius 1 is 0.643 bits per heavy atom. The highest BCUT2D eigenvalue weighted by atomic mass is 19.4. The minimum Gasteiger partial charge on any atom is -0.406 e. The number of alkyl halides is 6. The van der Waals surface area contributed by atoms with E-state index >= 15 is 0 Å². The molecule has 1 aromatic heterocycles. The van der Waals surface area contributed by atoms with Crippen LogP contribution in [0.25, 0.3) is 22.3 Å². The minimum absolute atomic E-state index is 0.354. The van der Waals surface area contributed by atoms with E-state index in [1.807, 2.05) is 0 Å². The van der Waals surface area contributed by atoms with Crippen molar-refractivity contribution in [3.63, 3.8) is 0 Å². The molecule has 0 aliphatic rings. The van der Waals surface area contributed by atoms with Crippen molar-refractivity contribution < 1.29 is 35.8 Å². The van der Waals surface area contributed by atoms with Crippen LogP contribution in [0.15, 0.2) is 67.0 Å². The van der Waals surface area contributed by atoms with Gasteiger partial charge in [0, 0.05) is 18.0 Å². The molecule has 0 amide bonds. The maximum absolute atomic E-state index is 12.5. The third kappa shape index (κ3) is 5.15. The van der Waals surface area contributed by atoms with E-state index in [-0.39, 0.29) is 0 Å². The second-order valence-electron chi connectivity index (χ2n) is 5.57. The van der Waals surface area contributed by atoms with Gasteiger partial charge in [-0.05, 0) is 47.0 Å². The van der Waals surface area contributed by atoms with E-state index in [0.717, 1.165) is 12.1 Å². The lowest BCUT2D eigenvalue weighted by molar-refractivity contribution is -0.275. The van der Waals surface area contributed by atoms with Crippen molar-refractivity contribution in [2.24, 2.45) is 0 Å². The van der Waals surface area contributed by atoms with Gasteiger partial charge in [-0.15, -0.1) is 26.3 Å². The molecule has 9 heteroatoms. The molecule has 0 saturated carbocycles. The van der Waals surface area contributed by atoms with Crippen molar-refractivity contribution in [3.05, 3.63) is 67.0 Å². The first-order chi connectivity index (χ1) is 13.1. The second-order valence-corrected chi connectivity index (χ2v) is 5.57. The maximum atomic E-state index is 12.5. The molecule has 1 heterocycles. The zero-order valence-electron chi connectivity index (χ0n) is 13.9. The Bertz CT molecular complexity index is 890. The molecule has 146 valence electrons. The molecule has 0 radical (unpaired) electrons. The monoisotopic (exact) mass is 399 g/mol. The van der Waals surface area contributed by atoms with Gasteiger partial charge < -0.3 is 9.47 Å². The third-order valence-electron chi connectivity index (χ3n) is 3.58. The van der Waals surface area contributed by atoms with Crippen molar-refractivity contribution in [1.82, 2.24) is 4.98 Å². The zero-order valence-corrected chi connectivity index (χ0v) is 13.9. The average Bonchev–Trinajstić information content (AvgIpc) is 2.59. The Morgan fingerprint density at radius 3 is 1.64 bits per heavy atom. The summed E-state index contributed by atoms with van der Waals surface area (Å²) in [5.74, 6) is -0.837. The van der Waals surface area contributed by atoms with Crippen LogP contribution in [0.2, 0.25) is 0 Å². The van der Waals surface area contributed by atoms with Crippen LogP contribution in [-0.2, 0) is 0 Å². The van der Waals surface area contributed by atoms with E-state index in [2.05, 4.69) is 14.5 Å². The number of halogens is 6. The molecular weight excluding hydrogens is 388 g/mol. The molecule has 3 rings (SSSR count). The van der Waals surface area contributed by atoms with E-state index < -0.39 is 24.2 Å². The Kier molecular flexibility index (Phi) is 5.17. The summed E-state index contributed by atoms with van der Waals surface area (Å²) in [6, 6.07) is 12.0. The lowest BCUT2D eigenvalue weighted by Gasteiger charge is -2.14. The summed E-state index contributed by atoms with van der Waals surface area (Å²) >= 11 is 0. The first-order valence-corrected chi connectivity index (χ1v) is 7.77. The second kappa shape index (κ2) is 7.41. The van der Waals surface area contributed by atoms with Crippen LogP contribution >= 0.6 is 0 Å². The minimum atomic E-state index is -4.85. The largest absolute Gasteiger partial charge is 0.573 e. The van der Waals surface area contributed by atoms with E-state index in [9.17, 15) is 26.3 Å². The Hall–Kier alpha value is -3.23. The van der Waals surface area contributed by atoms with Crippen LogP contribution in [0.3, 0.4) is 0 Å². The Balaban J connectivity index is 2.01. The van der Waals surface area contributed by atoms with E-state index in [0.29, 0.717) is 22.3 Å². The predicted octanol–water partition coefficient (Wildman–Crippen LogP) is 6.21. The number of ether oxygens (including phenoxy) is 2. The normalized spacial score (nSPS) is 11.9. The van der Waals surface area contributed by atoms with Crippen molar-refractivity contribution in [2.45, 2.75) is 12.7 Å². The highest BCUT2D eigenvalue weighted by Crippen LogP contribution is 2.36. The molecule has 0 bridgehead atoms. The number of hydrogen-bond acceptors (Lipinski definition) is 3. The standard InChI is InChI=1S/C19H11F6NO2/c20-18(21,22)27-14-5-1-3-12(9-14)16-7-8-26-11-17(16)13-4-2-6-15(10-13)28-19(23,24)25/h1-11H. The van der Waals surface area contributed by atoms with Gasteiger partial charge in [0.25, 0.3) is 0 Å². The molecule has 0 unspecified atom stereocenters. The van der Waals surface area contributed by atoms with Crippen LogP contribution < -0.4 is 9.47 Å². The number of pyridine rings is 1. The molecule has 3 aromatic rings. The molecule has 28 heavy (non-hydrogen) atoms. The number of hydrogen-bond donors (Lipinski definition) is 0. The average molecular weight is 399 g/mol. The van der Waals surface area contributed by atoms with Crippen molar-refractivity contribution in [1.29, 1.82) is 0 Å². The smallest absolute Gasteiger partial charge is 0.406 e. The van der Waals surface area contributed by atoms with Crippen LogP contribution in [0.5, 0.6) is 11.5 Å². The lowest BCUT2D eigenvalue weighted by atomic mass is 9.96. The summed E-state index contributed by atoms with van der Waals surface area (Å²) in [5.41, 5.74) is 1.61. The summed E-state index contributed by atoms with van der Waals surface area (Å²) < 4.78 is 82.6. The molecule has 2 aromatic carbocycles. The first-order valence-electron chi connectivity index (χ1n) is 7.77. The molecule has 0 atom stereocenters. The van der Waals surface area contributed by atoms with Gasteiger partial charge in [-0.1, -0.05) is 24.3 Å². The van der Waals surface area contributed by atoms with E-state index in [1.165, 1.54) is 36.7 Å². The quantitative estimate of drug-likeness (QED) is 0.489. The summed E-state index contributed by atoms with van der Waals surface area (Å²) in [5, 5.41) is 0. The summed E-state index contributed by atoms with van der Waals surface area (Å²) in [4.78, 5) is 3.96. The molecule has 0 spiro atoms.